The average Bonchev–Trinajstić information content (AvgIpc) is 3.13. The molecule has 0 fully saturated rings. The summed E-state index contributed by atoms with van der Waals surface area (Å²) in [6, 6.07) is 19.2. The zero-order chi connectivity index (χ0) is 19.7. The monoisotopic (exact) mass is 372 g/mol. The van der Waals surface area contributed by atoms with Crippen molar-refractivity contribution < 1.29 is 10.8 Å². The molecule has 1 aromatic heterocycles. The molecule has 0 aliphatic carbocycles. The second-order valence-corrected chi connectivity index (χ2v) is 6.74. The first-order valence-electron chi connectivity index (χ1n) is 9.12. The van der Waals surface area contributed by atoms with E-state index in [1.165, 1.54) is 0 Å². The van der Waals surface area contributed by atoms with Gasteiger partial charge in [-0.05, 0) is 41.5 Å². The van der Waals surface area contributed by atoms with E-state index >= 15 is 0 Å². The molecule has 0 amide bonds. The number of rotatable bonds is 5. The predicted octanol–water partition coefficient (Wildman–Crippen LogP) is 2.67. The lowest BCUT2D eigenvalue weighted by Crippen LogP contribution is -2.51. The van der Waals surface area contributed by atoms with Crippen LogP contribution in [-0.4, -0.2) is 27.5 Å². The van der Waals surface area contributed by atoms with Gasteiger partial charge in [0.05, 0.1) is 23.1 Å². The Morgan fingerprint density at radius 3 is 2.54 bits per heavy atom. The minimum atomic E-state index is 0.00436. The summed E-state index contributed by atoms with van der Waals surface area (Å²) in [5, 5.41) is 18.6. The number of nitrogens with two attached hydrogens (primary N) is 1. The number of phenols is 1. The van der Waals surface area contributed by atoms with Gasteiger partial charge in [0.1, 0.15) is 17.4 Å². The van der Waals surface area contributed by atoms with Crippen LogP contribution in [0.15, 0.2) is 60.7 Å². The van der Waals surface area contributed by atoms with Crippen LogP contribution in [0.3, 0.4) is 0 Å². The zero-order valence-corrected chi connectivity index (χ0v) is 15.4. The maximum Gasteiger partial charge on any atom is 0.142 e. The number of phenolic OH excluding ortho intramolecular Hbond substituents is 1. The summed E-state index contributed by atoms with van der Waals surface area (Å²) in [5.41, 5.74) is 15.1. The van der Waals surface area contributed by atoms with Gasteiger partial charge in [-0.2, -0.15) is 0 Å². The Bertz CT molecular complexity index is 1160. The van der Waals surface area contributed by atoms with Crippen LogP contribution in [0.1, 0.15) is 11.1 Å². The van der Waals surface area contributed by atoms with Gasteiger partial charge >= 0.3 is 0 Å². The average molecular weight is 372 g/mol. The summed E-state index contributed by atoms with van der Waals surface area (Å²) in [5.74, 6) is 0.769. The van der Waals surface area contributed by atoms with Gasteiger partial charge in [-0.15, -0.1) is 0 Å². The van der Waals surface area contributed by atoms with Crippen molar-refractivity contribution in [3.8, 4) is 28.3 Å². The lowest BCUT2D eigenvalue weighted by Gasteiger charge is -2.12. The quantitative estimate of drug-likeness (QED) is 0.273. The number of hydrogen-bond donors (Lipinski definition) is 5. The SMILES string of the molecule is N=C(N)c1ccc2nc(-c3cc(CC[NH3+])cc(-c4ccccc4)c3O)[nH]c2c1. The first-order valence-corrected chi connectivity index (χ1v) is 9.12. The van der Waals surface area contributed by atoms with Gasteiger partial charge in [-0.25, -0.2) is 4.98 Å². The Kier molecular flexibility index (Phi) is 4.55. The van der Waals surface area contributed by atoms with Crippen molar-refractivity contribution in [1.82, 2.24) is 9.97 Å². The number of aromatic amines is 1. The van der Waals surface area contributed by atoms with Crippen LogP contribution >= 0.6 is 0 Å². The number of imidazole rings is 1. The third-order valence-electron chi connectivity index (χ3n) is 4.77. The van der Waals surface area contributed by atoms with Crippen LogP contribution in [0.4, 0.5) is 0 Å². The molecule has 0 bridgehead atoms. The number of amidine groups is 1. The Morgan fingerprint density at radius 2 is 1.82 bits per heavy atom. The standard InChI is InChI=1S/C22H21N5O/c23-9-8-13-10-16(14-4-2-1-3-5-14)20(28)17(11-13)22-26-18-7-6-15(21(24)25)12-19(18)27-22/h1-7,10-12,28H,8-9,23H2,(H3,24,25)(H,26,27)/p+1. The van der Waals surface area contributed by atoms with Crippen molar-refractivity contribution in [3.05, 3.63) is 71.8 Å². The van der Waals surface area contributed by atoms with Gasteiger partial charge in [0.15, 0.2) is 0 Å². The molecule has 6 nitrogen and oxygen atoms in total. The van der Waals surface area contributed by atoms with Crippen molar-refractivity contribution in [2.45, 2.75) is 6.42 Å². The van der Waals surface area contributed by atoms with E-state index in [-0.39, 0.29) is 11.6 Å². The van der Waals surface area contributed by atoms with E-state index in [0.29, 0.717) is 17.0 Å². The Labute approximate surface area is 162 Å². The van der Waals surface area contributed by atoms with Gasteiger partial charge in [0, 0.05) is 17.5 Å². The highest BCUT2D eigenvalue weighted by atomic mass is 16.3. The van der Waals surface area contributed by atoms with Crippen LogP contribution in [0.2, 0.25) is 0 Å². The molecule has 0 radical (unpaired) electrons. The maximum atomic E-state index is 11.0. The largest absolute Gasteiger partial charge is 0.507 e. The van der Waals surface area contributed by atoms with Crippen molar-refractivity contribution in [2.75, 3.05) is 6.54 Å². The first-order chi connectivity index (χ1) is 13.6. The van der Waals surface area contributed by atoms with Gasteiger partial charge in [-0.3, -0.25) is 5.41 Å². The molecule has 6 heteroatoms. The van der Waals surface area contributed by atoms with Crippen LogP contribution < -0.4 is 11.5 Å². The maximum absolute atomic E-state index is 11.0. The fraction of sp³-hybridized carbons (Fsp3) is 0.0909. The summed E-state index contributed by atoms with van der Waals surface area (Å²) >= 11 is 0. The molecule has 4 aromatic rings. The molecule has 1 heterocycles. The summed E-state index contributed by atoms with van der Waals surface area (Å²) in [4.78, 5) is 7.89. The smallest absolute Gasteiger partial charge is 0.142 e. The lowest BCUT2D eigenvalue weighted by atomic mass is 9.96. The van der Waals surface area contributed by atoms with Crippen LogP contribution in [0.25, 0.3) is 33.5 Å². The third kappa shape index (κ3) is 3.21. The molecular formula is C22H22N5O+. The fourth-order valence-electron chi connectivity index (χ4n) is 3.37. The van der Waals surface area contributed by atoms with E-state index < -0.39 is 0 Å². The molecule has 0 atom stereocenters. The molecule has 0 unspecified atom stereocenters. The zero-order valence-electron chi connectivity index (χ0n) is 15.4. The summed E-state index contributed by atoms with van der Waals surface area (Å²) < 4.78 is 0. The van der Waals surface area contributed by atoms with Gasteiger partial charge < -0.3 is 21.6 Å². The number of aromatic nitrogens is 2. The highest BCUT2D eigenvalue weighted by Gasteiger charge is 2.16. The predicted molar refractivity (Wildman–Crippen MR) is 111 cm³/mol. The summed E-state index contributed by atoms with van der Waals surface area (Å²) in [6.07, 6.45) is 0.807. The number of aromatic hydroxyl groups is 1. The Balaban J connectivity index is 1.90. The number of benzene rings is 3. The van der Waals surface area contributed by atoms with Gasteiger partial charge in [-0.1, -0.05) is 30.3 Å². The Morgan fingerprint density at radius 1 is 1.07 bits per heavy atom. The second-order valence-electron chi connectivity index (χ2n) is 6.74. The first kappa shape index (κ1) is 17.8. The minimum Gasteiger partial charge on any atom is -0.507 e. The molecule has 0 aliphatic rings. The number of hydrogen-bond acceptors (Lipinski definition) is 3. The Hall–Kier alpha value is -3.64. The highest BCUT2D eigenvalue weighted by molar-refractivity contribution is 5.98. The molecule has 3 aromatic carbocycles. The van der Waals surface area contributed by atoms with E-state index in [1.807, 2.05) is 48.5 Å². The topological polar surface area (TPSA) is 126 Å². The molecule has 0 spiro atoms. The van der Waals surface area contributed by atoms with Crippen molar-refractivity contribution in [2.24, 2.45) is 5.73 Å². The molecule has 140 valence electrons. The highest BCUT2D eigenvalue weighted by Crippen LogP contribution is 2.39. The number of quaternary nitrogens is 1. The number of H-pyrrole nitrogens is 1. The number of nitrogen functional groups attached to an aromatic ring is 1. The molecule has 0 aliphatic heterocycles. The molecule has 0 saturated heterocycles. The lowest BCUT2D eigenvalue weighted by molar-refractivity contribution is -0.366. The fourth-order valence-corrected chi connectivity index (χ4v) is 3.37. The van der Waals surface area contributed by atoms with E-state index in [0.717, 1.165) is 40.7 Å². The number of fused-ring (bicyclic) bond motifs is 1. The van der Waals surface area contributed by atoms with Crippen LogP contribution in [0, 0.1) is 5.41 Å². The second kappa shape index (κ2) is 7.17. The van der Waals surface area contributed by atoms with E-state index in [1.54, 1.807) is 12.1 Å². The summed E-state index contributed by atoms with van der Waals surface area (Å²) in [7, 11) is 0. The summed E-state index contributed by atoms with van der Waals surface area (Å²) in [6.45, 7) is 0.764. The normalized spacial score (nSPS) is 11.0. The molecular weight excluding hydrogens is 350 g/mol. The van der Waals surface area contributed by atoms with Crippen LogP contribution in [0.5, 0.6) is 5.75 Å². The van der Waals surface area contributed by atoms with Crippen molar-refractivity contribution in [1.29, 1.82) is 5.41 Å². The molecule has 0 saturated carbocycles. The van der Waals surface area contributed by atoms with Gasteiger partial charge in [0.2, 0.25) is 0 Å². The van der Waals surface area contributed by atoms with E-state index in [4.69, 9.17) is 11.1 Å². The molecule has 28 heavy (non-hydrogen) atoms. The molecule has 8 N–H and O–H groups in total. The van der Waals surface area contributed by atoms with Gasteiger partial charge in [0.25, 0.3) is 0 Å². The molecule has 4 rings (SSSR count). The van der Waals surface area contributed by atoms with Crippen molar-refractivity contribution in [3.63, 3.8) is 0 Å². The van der Waals surface area contributed by atoms with Crippen LogP contribution in [-0.2, 0) is 6.42 Å². The van der Waals surface area contributed by atoms with E-state index in [9.17, 15) is 5.11 Å². The number of nitrogens with one attached hydrogen (secondary N) is 2. The minimum absolute atomic E-state index is 0.00436. The number of nitrogens with zero attached hydrogens (tertiary/aromatic N) is 1. The van der Waals surface area contributed by atoms with E-state index in [2.05, 4.69) is 15.7 Å². The third-order valence-corrected chi connectivity index (χ3v) is 4.77. The van der Waals surface area contributed by atoms with Crippen molar-refractivity contribution >= 4 is 16.9 Å².